The average Bonchev–Trinajstić information content (AvgIpc) is 3.32. The van der Waals surface area contributed by atoms with Gasteiger partial charge in [0.15, 0.2) is 17.4 Å². The smallest absolute Gasteiger partial charge is 0.165 e. The second kappa shape index (κ2) is 9.55. The highest BCUT2D eigenvalue weighted by Gasteiger charge is 2.44. The molecule has 3 aliphatic rings. The van der Waals surface area contributed by atoms with Gasteiger partial charge in [-0.05, 0) is 62.2 Å². The van der Waals surface area contributed by atoms with Crippen molar-refractivity contribution in [2.24, 2.45) is 0 Å². The minimum atomic E-state index is -0.323. The second-order valence-corrected chi connectivity index (χ2v) is 10.0. The van der Waals surface area contributed by atoms with Gasteiger partial charge >= 0.3 is 0 Å². The van der Waals surface area contributed by atoms with Crippen molar-refractivity contribution in [1.29, 1.82) is 0 Å². The van der Waals surface area contributed by atoms with E-state index in [-0.39, 0.29) is 5.82 Å². The van der Waals surface area contributed by atoms with Crippen molar-refractivity contribution in [3.63, 3.8) is 0 Å². The number of benzene rings is 1. The summed E-state index contributed by atoms with van der Waals surface area (Å²) in [5.74, 6) is 1.64. The first kappa shape index (κ1) is 23.5. The molecule has 2 unspecified atom stereocenters. The lowest BCUT2D eigenvalue weighted by atomic mass is 9.86. The molecule has 3 aliphatic heterocycles. The first-order valence-electron chi connectivity index (χ1n) is 12.6. The minimum absolute atomic E-state index is 0.301. The molecule has 3 saturated heterocycles. The van der Waals surface area contributed by atoms with Crippen molar-refractivity contribution < 1.29 is 9.13 Å². The lowest BCUT2D eigenvalue weighted by molar-refractivity contribution is -0.00873. The number of hydrogen-bond acceptors (Lipinski definition) is 7. The Balaban J connectivity index is 1.12. The van der Waals surface area contributed by atoms with Crippen LogP contribution < -0.4 is 9.64 Å². The van der Waals surface area contributed by atoms with Gasteiger partial charge in [0.2, 0.25) is 0 Å². The van der Waals surface area contributed by atoms with E-state index in [4.69, 9.17) is 14.7 Å². The molecule has 9 heteroatoms. The van der Waals surface area contributed by atoms with Crippen LogP contribution in [-0.4, -0.2) is 62.3 Å². The van der Waals surface area contributed by atoms with E-state index in [0.29, 0.717) is 30.1 Å². The molecule has 3 fully saturated rings. The molecule has 0 saturated carbocycles. The Hall–Kier alpha value is -3.85. The van der Waals surface area contributed by atoms with Crippen LogP contribution in [0.1, 0.15) is 34.8 Å². The maximum absolute atomic E-state index is 13.8. The number of methoxy groups -OCH3 is 1. The summed E-state index contributed by atoms with van der Waals surface area (Å²) in [6, 6.07) is 14.2. The topological polar surface area (TPSA) is 83.1 Å². The lowest BCUT2D eigenvalue weighted by Crippen LogP contribution is -2.68. The number of nitrogens with one attached hydrogen (secondary N) is 1. The van der Waals surface area contributed by atoms with Crippen LogP contribution in [0.25, 0.3) is 11.4 Å². The van der Waals surface area contributed by atoms with Gasteiger partial charge in [-0.25, -0.2) is 19.3 Å². The van der Waals surface area contributed by atoms with Crippen LogP contribution >= 0.6 is 0 Å². The largest absolute Gasteiger partial charge is 0.494 e. The molecular weight excluding hydrogens is 469 g/mol. The number of piperidine rings is 1. The lowest BCUT2D eigenvalue weighted by Gasteiger charge is -2.56. The summed E-state index contributed by atoms with van der Waals surface area (Å²) in [5, 5.41) is 7.31. The molecule has 2 bridgehead atoms. The highest BCUT2D eigenvalue weighted by molar-refractivity contribution is 5.57. The zero-order valence-corrected chi connectivity index (χ0v) is 21.3. The van der Waals surface area contributed by atoms with Gasteiger partial charge in [0.1, 0.15) is 5.82 Å². The quantitative estimate of drug-likeness (QED) is 0.410. The first-order chi connectivity index (χ1) is 17.9. The summed E-state index contributed by atoms with van der Waals surface area (Å²) < 4.78 is 18.9. The Morgan fingerprint density at radius 2 is 1.86 bits per heavy atom. The van der Waals surface area contributed by atoms with Gasteiger partial charge in [-0.2, -0.15) is 5.10 Å². The molecule has 4 aromatic rings. The van der Waals surface area contributed by atoms with Gasteiger partial charge in [0.05, 0.1) is 18.5 Å². The van der Waals surface area contributed by atoms with Crippen LogP contribution in [-0.2, 0) is 13.0 Å². The van der Waals surface area contributed by atoms with Gasteiger partial charge in [-0.15, -0.1) is 0 Å². The maximum Gasteiger partial charge on any atom is 0.165 e. The van der Waals surface area contributed by atoms with Gasteiger partial charge in [0.25, 0.3) is 0 Å². The highest BCUT2D eigenvalue weighted by atomic mass is 19.1. The van der Waals surface area contributed by atoms with Crippen LogP contribution in [0.2, 0.25) is 0 Å². The normalized spacial score (nSPS) is 19.1. The summed E-state index contributed by atoms with van der Waals surface area (Å²) in [7, 11) is 1.50. The Kier molecular flexibility index (Phi) is 6.08. The van der Waals surface area contributed by atoms with E-state index in [9.17, 15) is 4.39 Å². The fourth-order valence-corrected chi connectivity index (χ4v) is 5.46. The van der Waals surface area contributed by atoms with Crippen molar-refractivity contribution in [3.8, 4) is 17.1 Å². The van der Waals surface area contributed by atoms with E-state index < -0.39 is 0 Å². The van der Waals surface area contributed by atoms with Crippen molar-refractivity contribution in [2.75, 3.05) is 25.1 Å². The number of fused-ring (bicyclic) bond motifs is 2. The van der Waals surface area contributed by atoms with E-state index in [1.54, 1.807) is 6.07 Å². The predicted molar refractivity (Wildman–Crippen MR) is 139 cm³/mol. The fourth-order valence-electron chi connectivity index (χ4n) is 5.46. The van der Waals surface area contributed by atoms with Crippen LogP contribution in [0.5, 0.6) is 5.75 Å². The second-order valence-electron chi connectivity index (χ2n) is 10.0. The maximum atomic E-state index is 13.8. The van der Waals surface area contributed by atoms with E-state index in [2.05, 4.69) is 37.1 Å². The molecule has 1 N–H and O–H groups in total. The van der Waals surface area contributed by atoms with Gasteiger partial charge < -0.3 is 9.64 Å². The predicted octanol–water partition coefficient (Wildman–Crippen LogP) is 4.08. The third kappa shape index (κ3) is 4.79. The third-order valence-corrected chi connectivity index (χ3v) is 7.28. The number of ether oxygens (including phenoxy) is 1. The van der Waals surface area contributed by atoms with E-state index in [0.717, 1.165) is 59.4 Å². The number of hydrogen-bond donors (Lipinski definition) is 1. The summed E-state index contributed by atoms with van der Waals surface area (Å²) in [5.41, 5.74) is 5.84. The number of pyridine rings is 1. The Bertz CT molecular complexity index is 1410. The molecule has 3 aromatic heterocycles. The van der Waals surface area contributed by atoms with E-state index in [1.165, 1.54) is 19.6 Å². The molecule has 6 heterocycles. The number of aromatic nitrogens is 5. The summed E-state index contributed by atoms with van der Waals surface area (Å²) in [6.07, 6.45) is 3.71. The zero-order valence-electron chi connectivity index (χ0n) is 21.3. The summed E-state index contributed by atoms with van der Waals surface area (Å²) in [6.45, 7) is 6.63. The molecule has 190 valence electrons. The number of H-pyrrole nitrogens is 1. The van der Waals surface area contributed by atoms with E-state index in [1.807, 2.05) is 38.2 Å². The SMILES string of the molecule is COc1cc(CN2C3CC2CN(c2ccc(-c4nc(C)cc(Cc5cc(C)[nH]n5)n4)cn2)C3)ccc1F. The van der Waals surface area contributed by atoms with Gasteiger partial charge in [-0.1, -0.05) is 6.07 Å². The number of nitrogens with zero attached hydrogens (tertiary/aromatic N) is 6. The molecule has 1 aromatic carbocycles. The number of rotatable bonds is 7. The van der Waals surface area contributed by atoms with Gasteiger partial charge in [0, 0.05) is 61.3 Å². The molecule has 0 spiro atoms. The molecule has 8 nitrogen and oxygen atoms in total. The highest BCUT2D eigenvalue weighted by Crippen LogP contribution is 2.36. The number of halogens is 1. The molecular formula is C28H30FN7O. The first-order valence-corrected chi connectivity index (χ1v) is 12.6. The molecule has 7 rings (SSSR count). The fraction of sp³-hybridized carbons (Fsp3) is 0.357. The van der Waals surface area contributed by atoms with Crippen LogP contribution in [0.3, 0.4) is 0 Å². The molecule has 0 radical (unpaired) electrons. The molecule has 0 amide bonds. The van der Waals surface area contributed by atoms with Crippen molar-refractivity contribution in [1.82, 2.24) is 30.0 Å². The van der Waals surface area contributed by atoms with Gasteiger partial charge in [-0.3, -0.25) is 10.00 Å². The summed E-state index contributed by atoms with van der Waals surface area (Å²) in [4.78, 5) is 19.1. The Morgan fingerprint density at radius 3 is 2.57 bits per heavy atom. The third-order valence-electron chi connectivity index (χ3n) is 7.28. The van der Waals surface area contributed by atoms with Crippen molar-refractivity contribution >= 4 is 5.82 Å². The Labute approximate surface area is 215 Å². The minimum Gasteiger partial charge on any atom is -0.494 e. The molecule has 37 heavy (non-hydrogen) atoms. The number of aromatic amines is 1. The van der Waals surface area contributed by atoms with Crippen LogP contribution in [0.15, 0.2) is 48.7 Å². The molecule has 2 atom stereocenters. The monoisotopic (exact) mass is 499 g/mol. The number of aryl methyl sites for hydroxylation is 2. The number of anilines is 1. The van der Waals surface area contributed by atoms with Crippen LogP contribution in [0, 0.1) is 19.7 Å². The van der Waals surface area contributed by atoms with Crippen LogP contribution in [0.4, 0.5) is 10.2 Å². The standard InChI is InChI=1S/C28H30FN7O/c1-17-8-21(11-22-9-18(2)33-34-22)32-28(31-17)20-5-7-27(30-13-20)35-15-23-12-24(16-35)36(23)14-19-4-6-25(29)26(10-19)37-3/h4-10,13,23-24H,11-12,14-16H2,1-3H3,(H,33,34). The Morgan fingerprint density at radius 1 is 1.03 bits per heavy atom. The zero-order chi connectivity index (χ0) is 25.5. The van der Waals surface area contributed by atoms with Crippen molar-refractivity contribution in [2.45, 2.75) is 45.3 Å². The summed E-state index contributed by atoms with van der Waals surface area (Å²) >= 11 is 0. The average molecular weight is 500 g/mol. The van der Waals surface area contributed by atoms with E-state index >= 15 is 0 Å². The number of piperazine rings is 1. The molecule has 0 aliphatic carbocycles. The van der Waals surface area contributed by atoms with Crippen molar-refractivity contribution in [3.05, 3.63) is 82.8 Å².